The highest BCUT2D eigenvalue weighted by Gasteiger charge is 2.12. The van der Waals surface area contributed by atoms with Crippen molar-refractivity contribution in [2.75, 3.05) is 19.6 Å². The van der Waals surface area contributed by atoms with Crippen LogP contribution in [-0.2, 0) is 4.79 Å². The molecule has 5 heteroatoms. The molecule has 0 saturated heterocycles. The van der Waals surface area contributed by atoms with Crippen molar-refractivity contribution in [3.05, 3.63) is 29.8 Å². The third kappa shape index (κ3) is 3.40. The molecule has 1 aromatic carbocycles. The second kappa shape index (κ2) is 6.35. The van der Waals surface area contributed by atoms with Gasteiger partial charge in [-0.05, 0) is 17.7 Å². The fourth-order valence-electron chi connectivity index (χ4n) is 1.30. The minimum Gasteiger partial charge on any atom is -0.497 e. The first-order valence-electron chi connectivity index (χ1n) is 4.81. The second-order valence-electron chi connectivity index (χ2n) is 3.21. The van der Waals surface area contributed by atoms with E-state index in [1.807, 2.05) is 0 Å². The Labute approximate surface area is 99.2 Å². The monoisotopic (exact) mass is 243 g/mol. The number of nitrogens with one attached hydrogen (secondary N) is 1. The van der Waals surface area contributed by atoms with E-state index in [0.29, 0.717) is 0 Å². The molecule has 4 nitrogen and oxygen atoms in total. The molecular formula is C11H14ClNO3. The van der Waals surface area contributed by atoms with Crippen LogP contribution in [0.15, 0.2) is 24.3 Å². The SMILES string of the molecule is COc1ccc([C@@H](CO)NC(=O)CCl)cc1. The number of rotatable bonds is 5. The van der Waals surface area contributed by atoms with Gasteiger partial charge in [0.05, 0.1) is 19.8 Å². The summed E-state index contributed by atoms with van der Waals surface area (Å²) in [6.45, 7) is -0.172. The Balaban J connectivity index is 2.74. The van der Waals surface area contributed by atoms with Crippen LogP contribution in [0.5, 0.6) is 5.75 Å². The van der Waals surface area contributed by atoms with E-state index >= 15 is 0 Å². The van der Waals surface area contributed by atoms with Gasteiger partial charge in [-0.1, -0.05) is 12.1 Å². The highest BCUT2D eigenvalue weighted by Crippen LogP contribution is 2.17. The molecule has 0 saturated carbocycles. The molecule has 0 radical (unpaired) electrons. The van der Waals surface area contributed by atoms with Crippen molar-refractivity contribution in [1.29, 1.82) is 0 Å². The van der Waals surface area contributed by atoms with Gasteiger partial charge in [0, 0.05) is 0 Å². The van der Waals surface area contributed by atoms with E-state index < -0.39 is 6.04 Å². The molecule has 0 heterocycles. The summed E-state index contributed by atoms with van der Waals surface area (Å²) in [5.74, 6) is 0.299. The number of aliphatic hydroxyl groups excluding tert-OH is 1. The van der Waals surface area contributed by atoms with Crippen molar-refractivity contribution in [3.8, 4) is 5.75 Å². The first-order chi connectivity index (χ1) is 7.71. The van der Waals surface area contributed by atoms with Crippen LogP contribution in [-0.4, -0.2) is 30.6 Å². The number of carbonyl (C=O) groups excluding carboxylic acids is 1. The molecule has 1 amide bonds. The van der Waals surface area contributed by atoms with Crippen molar-refractivity contribution >= 4 is 17.5 Å². The minimum atomic E-state index is -0.433. The predicted octanol–water partition coefficient (Wildman–Crippen LogP) is 1.08. The summed E-state index contributed by atoms with van der Waals surface area (Å²) < 4.78 is 5.01. The molecule has 1 rings (SSSR count). The molecule has 88 valence electrons. The van der Waals surface area contributed by atoms with Crippen LogP contribution in [0.1, 0.15) is 11.6 Å². The molecule has 0 unspecified atom stereocenters. The highest BCUT2D eigenvalue weighted by molar-refractivity contribution is 6.27. The third-order valence-corrected chi connectivity index (χ3v) is 2.40. The van der Waals surface area contributed by atoms with Gasteiger partial charge in [0.1, 0.15) is 11.6 Å². The molecule has 1 atom stereocenters. The molecule has 0 aliphatic carbocycles. The smallest absolute Gasteiger partial charge is 0.235 e. The van der Waals surface area contributed by atoms with E-state index in [-0.39, 0.29) is 18.4 Å². The fraction of sp³-hybridized carbons (Fsp3) is 0.364. The molecule has 0 aromatic heterocycles. The van der Waals surface area contributed by atoms with Crippen LogP contribution in [0.2, 0.25) is 0 Å². The minimum absolute atomic E-state index is 0.118. The van der Waals surface area contributed by atoms with Crippen LogP contribution in [0.3, 0.4) is 0 Å². The first kappa shape index (κ1) is 12.8. The van der Waals surface area contributed by atoms with E-state index in [1.54, 1.807) is 31.4 Å². The van der Waals surface area contributed by atoms with Gasteiger partial charge < -0.3 is 15.2 Å². The van der Waals surface area contributed by atoms with Crippen molar-refractivity contribution in [1.82, 2.24) is 5.32 Å². The number of hydrogen-bond acceptors (Lipinski definition) is 3. The summed E-state index contributed by atoms with van der Waals surface area (Å²) in [6.07, 6.45) is 0. The van der Waals surface area contributed by atoms with E-state index in [4.69, 9.17) is 21.4 Å². The number of alkyl halides is 1. The van der Waals surface area contributed by atoms with E-state index in [2.05, 4.69) is 5.32 Å². The maximum atomic E-state index is 11.1. The van der Waals surface area contributed by atoms with Gasteiger partial charge in [0.25, 0.3) is 0 Å². The maximum absolute atomic E-state index is 11.1. The normalized spacial score (nSPS) is 11.9. The molecule has 0 aliphatic heterocycles. The van der Waals surface area contributed by atoms with Crippen molar-refractivity contribution in [2.24, 2.45) is 0 Å². The molecule has 0 aliphatic rings. The summed E-state index contributed by atoms with van der Waals surface area (Å²) in [7, 11) is 1.58. The lowest BCUT2D eigenvalue weighted by molar-refractivity contribution is -0.119. The summed E-state index contributed by atoms with van der Waals surface area (Å²) in [6, 6.07) is 6.68. The lowest BCUT2D eigenvalue weighted by Gasteiger charge is -2.16. The number of hydrogen-bond donors (Lipinski definition) is 2. The van der Waals surface area contributed by atoms with Gasteiger partial charge in [0.15, 0.2) is 0 Å². The summed E-state index contributed by atoms with van der Waals surface area (Å²) in [4.78, 5) is 11.1. The van der Waals surface area contributed by atoms with Crippen LogP contribution in [0, 0.1) is 0 Å². The van der Waals surface area contributed by atoms with Gasteiger partial charge in [-0.25, -0.2) is 0 Å². The number of methoxy groups -OCH3 is 1. The molecule has 1 aromatic rings. The predicted molar refractivity (Wildman–Crippen MR) is 61.7 cm³/mol. The second-order valence-corrected chi connectivity index (χ2v) is 3.48. The Morgan fingerprint density at radius 2 is 2.12 bits per heavy atom. The fourth-order valence-corrected chi connectivity index (χ4v) is 1.38. The highest BCUT2D eigenvalue weighted by atomic mass is 35.5. The lowest BCUT2D eigenvalue weighted by Crippen LogP contribution is -2.31. The van der Waals surface area contributed by atoms with E-state index in [0.717, 1.165) is 11.3 Å². The number of aliphatic hydroxyl groups is 1. The summed E-state index contributed by atoms with van der Waals surface area (Å²) in [5, 5.41) is 11.8. The van der Waals surface area contributed by atoms with Gasteiger partial charge in [-0.2, -0.15) is 0 Å². The standard InChI is InChI=1S/C11H14ClNO3/c1-16-9-4-2-8(3-5-9)10(7-14)13-11(15)6-12/h2-5,10,14H,6-7H2,1H3,(H,13,15)/t10-/m1/s1. The number of halogens is 1. The number of ether oxygens (including phenoxy) is 1. The molecule has 0 fully saturated rings. The van der Waals surface area contributed by atoms with Crippen LogP contribution in [0.25, 0.3) is 0 Å². The van der Waals surface area contributed by atoms with Crippen LogP contribution >= 0.6 is 11.6 Å². The zero-order valence-corrected chi connectivity index (χ0v) is 9.70. The number of carbonyl (C=O) groups is 1. The molecule has 0 bridgehead atoms. The van der Waals surface area contributed by atoms with Gasteiger partial charge in [0.2, 0.25) is 5.91 Å². The largest absolute Gasteiger partial charge is 0.497 e. The van der Waals surface area contributed by atoms with E-state index in [1.165, 1.54) is 0 Å². The quantitative estimate of drug-likeness (QED) is 0.761. The number of benzene rings is 1. The third-order valence-electron chi connectivity index (χ3n) is 2.16. The topological polar surface area (TPSA) is 58.6 Å². The Morgan fingerprint density at radius 1 is 1.50 bits per heavy atom. The molecule has 0 spiro atoms. The zero-order valence-electron chi connectivity index (χ0n) is 8.94. The Bertz CT molecular complexity index is 340. The van der Waals surface area contributed by atoms with Crippen molar-refractivity contribution < 1.29 is 14.6 Å². The van der Waals surface area contributed by atoms with E-state index in [9.17, 15) is 4.79 Å². The number of amides is 1. The maximum Gasteiger partial charge on any atom is 0.235 e. The Kier molecular flexibility index (Phi) is 5.08. The first-order valence-corrected chi connectivity index (χ1v) is 5.35. The Hall–Kier alpha value is -1.26. The zero-order chi connectivity index (χ0) is 12.0. The van der Waals surface area contributed by atoms with Gasteiger partial charge in [-0.3, -0.25) is 4.79 Å². The molecular weight excluding hydrogens is 230 g/mol. The average molecular weight is 244 g/mol. The molecule has 2 N–H and O–H groups in total. The van der Waals surface area contributed by atoms with Gasteiger partial charge >= 0.3 is 0 Å². The van der Waals surface area contributed by atoms with Crippen molar-refractivity contribution in [2.45, 2.75) is 6.04 Å². The van der Waals surface area contributed by atoms with Gasteiger partial charge in [-0.15, -0.1) is 11.6 Å². The van der Waals surface area contributed by atoms with Crippen molar-refractivity contribution in [3.63, 3.8) is 0 Å². The Morgan fingerprint density at radius 3 is 2.56 bits per heavy atom. The van der Waals surface area contributed by atoms with Crippen LogP contribution < -0.4 is 10.1 Å². The summed E-state index contributed by atoms with van der Waals surface area (Å²) in [5.41, 5.74) is 0.807. The van der Waals surface area contributed by atoms with Crippen LogP contribution in [0.4, 0.5) is 0 Å². The molecule has 16 heavy (non-hydrogen) atoms. The average Bonchev–Trinajstić information content (AvgIpc) is 2.35. The lowest BCUT2D eigenvalue weighted by atomic mass is 10.1. The summed E-state index contributed by atoms with van der Waals surface area (Å²) >= 11 is 5.37.